The van der Waals surface area contributed by atoms with Crippen LogP contribution in [0.3, 0.4) is 0 Å². The van der Waals surface area contributed by atoms with Crippen molar-refractivity contribution in [2.45, 2.75) is 39.8 Å². The normalized spacial score (nSPS) is 10.7. The third-order valence-corrected chi connectivity index (χ3v) is 3.78. The van der Waals surface area contributed by atoms with Crippen LogP contribution in [0.15, 0.2) is 59.6 Å². The summed E-state index contributed by atoms with van der Waals surface area (Å²) < 4.78 is 0. The molecule has 0 unspecified atom stereocenters. The molecule has 0 heterocycles. The number of benzene rings is 2. The summed E-state index contributed by atoms with van der Waals surface area (Å²) >= 11 is 0. The number of anilines is 1. The topological polar surface area (TPSA) is 65.5 Å². The summed E-state index contributed by atoms with van der Waals surface area (Å²) in [5, 5.41) is 9.49. The number of guanidine groups is 1. The monoisotopic (exact) mass is 480 g/mol. The van der Waals surface area contributed by atoms with E-state index in [1.54, 1.807) is 0 Å². The molecule has 0 bridgehead atoms. The van der Waals surface area contributed by atoms with Crippen LogP contribution in [0.1, 0.15) is 37.8 Å². The molecule has 0 spiro atoms. The Morgan fingerprint density at radius 1 is 0.926 bits per heavy atom. The zero-order valence-electron chi connectivity index (χ0n) is 16.0. The second kappa shape index (κ2) is 13.1. The maximum atomic E-state index is 11.6. The molecular weight excluding hydrogens is 451 g/mol. The van der Waals surface area contributed by atoms with Crippen molar-refractivity contribution < 1.29 is 4.79 Å². The van der Waals surface area contributed by atoms with Crippen molar-refractivity contribution in [2.75, 3.05) is 11.9 Å². The van der Waals surface area contributed by atoms with E-state index in [4.69, 9.17) is 0 Å². The molecule has 0 aliphatic heterocycles. The van der Waals surface area contributed by atoms with Crippen LogP contribution < -0.4 is 16.0 Å². The Labute approximate surface area is 179 Å². The first-order chi connectivity index (χ1) is 12.7. The molecular formula is C21H29IN4O. The average molecular weight is 480 g/mol. The molecule has 0 aliphatic carbocycles. The van der Waals surface area contributed by atoms with Crippen LogP contribution in [0, 0.1) is 0 Å². The molecule has 2 aromatic rings. The largest absolute Gasteiger partial charge is 0.357 e. The number of hydrogen-bond donors (Lipinski definition) is 3. The maximum Gasteiger partial charge on any atom is 0.224 e. The van der Waals surface area contributed by atoms with Crippen molar-refractivity contribution >= 4 is 41.5 Å². The molecule has 0 fully saturated rings. The van der Waals surface area contributed by atoms with Crippen molar-refractivity contribution in [3.05, 3.63) is 65.7 Å². The average Bonchev–Trinajstić information content (AvgIpc) is 2.66. The summed E-state index contributed by atoms with van der Waals surface area (Å²) in [5.74, 6) is 0.845. The van der Waals surface area contributed by atoms with Gasteiger partial charge in [-0.05, 0) is 36.6 Å². The zero-order chi connectivity index (χ0) is 18.6. The van der Waals surface area contributed by atoms with E-state index in [1.807, 2.05) is 56.3 Å². The highest BCUT2D eigenvalue weighted by Gasteiger charge is 2.02. The second-order valence-electron chi connectivity index (χ2n) is 6.03. The first-order valence-electron chi connectivity index (χ1n) is 9.16. The van der Waals surface area contributed by atoms with E-state index in [0.29, 0.717) is 19.5 Å². The highest BCUT2D eigenvalue weighted by atomic mass is 127. The van der Waals surface area contributed by atoms with Crippen LogP contribution in [0.25, 0.3) is 0 Å². The van der Waals surface area contributed by atoms with E-state index in [1.165, 1.54) is 5.56 Å². The minimum Gasteiger partial charge on any atom is -0.357 e. The molecule has 3 N–H and O–H groups in total. The van der Waals surface area contributed by atoms with Gasteiger partial charge in [0.25, 0.3) is 0 Å². The van der Waals surface area contributed by atoms with Crippen LogP contribution in [0.5, 0.6) is 0 Å². The Morgan fingerprint density at radius 3 is 2.26 bits per heavy atom. The molecule has 0 saturated heterocycles. The molecule has 6 heteroatoms. The predicted molar refractivity (Wildman–Crippen MR) is 123 cm³/mol. The van der Waals surface area contributed by atoms with Crippen LogP contribution >= 0.6 is 24.0 Å². The lowest BCUT2D eigenvalue weighted by Gasteiger charge is -2.12. The van der Waals surface area contributed by atoms with E-state index >= 15 is 0 Å². The summed E-state index contributed by atoms with van der Waals surface area (Å²) in [6.07, 6.45) is 1.40. The lowest BCUT2D eigenvalue weighted by Crippen LogP contribution is -2.36. The van der Waals surface area contributed by atoms with E-state index in [2.05, 4.69) is 33.1 Å². The van der Waals surface area contributed by atoms with Gasteiger partial charge in [0.15, 0.2) is 5.96 Å². The van der Waals surface area contributed by atoms with Crippen molar-refractivity contribution in [3.63, 3.8) is 0 Å². The fourth-order valence-electron chi connectivity index (χ4n) is 2.44. The van der Waals surface area contributed by atoms with Gasteiger partial charge >= 0.3 is 0 Å². The van der Waals surface area contributed by atoms with E-state index in [0.717, 1.165) is 30.2 Å². The third kappa shape index (κ3) is 8.90. The van der Waals surface area contributed by atoms with Gasteiger partial charge in [0.2, 0.25) is 5.91 Å². The van der Waals surface area contributed by atoms with Crippen LogP contribution in [0.4, 0.5) is 5.69 Å². The molecule has 0 radical (unpaired) electrons. The third-order valence-electron chi connectivity index (χ3n) is 3.78. The van der Waals surface area contributed by atoms with E-state index < -0.39 is 0 Å². The minimum atomic E-state index is 0. The number of nitrogens with zero attached hydrogens (tertiary/aromatic N) is 1. The van der Waals surface area contributed by atoms with Gasteiger partial charge < -0.3 is 16.0 Å². The Hall–Kier alpha value is -2.09. The lowest BCUT2D eigenvalue weighted by atomic mass is 10.2. The molecule has 0 aliphatic rings. The number of amides is 1. The molecule has 27 heavy (non-hydrogen) atoms. The number of carbonyl (C=O) groups is 1. The van der Waals surface area contributed by atoms with Crippen molar-refractivity contribution in [2.24, 2.45) is 4.99 Å². The molecule has 2 rings (SSSR count). The Balaban J connectivity index is 0.00000364. The van der Waals surface area contributed by atoms with Crippen molar-refractivity contribution in [3.8, 4) is 0 Å². The highest BCUT2D eigenvalue weighted by Crippen LogP contribution is 2.10. The standard InChI is InChI=1S/C21H28N4O.HI/c1-3-8-20(26)25-19-13-11-18(12-14-19)16-24-21(22-4-2)23-15-17-9-6-5-7-10-17;/h5-7,9-14H,3-4,8,15-16H2,1-2H3,(H,25,26)(H2,22,23,24);1H. The van der Waals surface area contributed by atoms with Gasteiger partial charge in [-0.2, -0.15) is 0 Å². The van der Waals surface area contributed by atoms with Gasteiger partial charge in [0.1, 0.15) is 0 Å². The first kappa shape index (κ1) is 23.0. The number of rotatable bonds is 8. The number of carbonyl (C=O) groups excluding carboxylic acids is 1. The molecule has 146 valence electrons. The number of halogens is 1. The van der Waals surface area contributed by atoms with Crippen LogP contribution in [-0.4, -0.2) is 18.4 Å². The lowest BCUT2D eigenvalue weighted by molar-refractivity contribution is -0.116. The molecule has 5 nitrogen and oxygen atoms in total. The van der Waals surface area contributed by atoms with Gasteiger partial charge in [-0.25, -0.2) is 4.99 Å². The number of hydrogen-bond acceptors (Lipinski definition) is 2. The maximum absolute atomic E-state index is 11.6. The summed E-state index contributed by atoms with van der Waals surface area (Å²) in [4.78, 5) is 16.2. The summed E-state index contributed by atoms with van der Waals surface area (Å²) in [6.45, 7) is 6.16. The van der Waals surface area contributed by atoms with Gasteiger partial charge in [-0.3, -0.25) is 4.79 Å². The van der Waals surface area contributed by atoms with Gasteiger partial charge in [-0.15, -0.1) is 24.0 Å². The fraction of sp³-hybridized carbons (Fsp3) is 0.333. The summed E-state index contributed by atoms with van der Waals surface area (Å²) in [5.41, 5.74) is 3.14. The first-order valence-corrected chi connectivity index (χ1v) is 9.16. The minimum absolute atomic E-state index is 0. The smallest absolute Gasteiger partial charge is 0.224 e. The molecule has 0 aromatic heterocycles. The Bertz CT molecular complexity index is 702. The predicted octanol–water partition coefficient (Wildman–Crippen LogP) is 4.30. The molecule has 2 aromatic carbocycles. The van der Waals surface area contributed by atoms with Gasteiger partial charge in [0, 0.05) is 25.2 Å². The van der Waals surface area contributed by atoms with E-state index in [-0.39, 0.29) is 29.9 Å². The van der Waals surface area contributed by atoms with Crippen LogP contribution in [0.2, 0.25) is 0 Å². The van der Waals surface area contributed by atoms with Gasteiger partial charge in [0.05, 0.1) is 6.54 Å². The number of aliphatic imine (C=N–C) groups is 1. The molecule has 1 amide bonds. The van der Waals surface area contributed by atoms with Gasteiger partial charge in [-0.1, -0.05) is 49.4 Å². The second-order valence-corrected chi connectivity index (χ2v) is 6.03. The highest BCUT2D eigenvalue weighted by molar-refractivity contribution is 14.0. The van der Waals surface area contributed by atoms with Crippen LogP contribution in [-0.2, 0) is 17.9 Å². The van der Waals surface area contributed by atoms with Crippen molar-refractivity contribution in [1.29, 1.82) is 0 Å². The summed E-state index contributed by atoms with van der Waals surface area (Å²) in [7, 11) is 0. The fourth-order valence-corrected chi connectivity index (χ4v) is 2.44. The SMILES string of the molecule is CCCC(=O)Nc1ccc(CNC(=NCc2ccccc2)NCC)cc1.I. The number of nitrogens with one attached hydrogen (secondary N) is 3. The Morgan fingerprint density at radius 2 is 1.63 bits per heavy atom. The zero-order valence-corrected chi connectivity index (χ0v) is 18.3. The van der Waals surface area contributed by atoms with Crippen molar-refractivity contribution in [1.82, 2.24) is 10.6 Å². The molecule has 0 atom stereocenters. The quantitative estimate of drug-likeness (QED) is 0.300. The molecule has 0 saturated carbocycles. The van der Waals surface area contributed by atoms with E-state index in [9.17, 15) is 4.79 Å². The Kier molecular flexibility index (Phi) is 11.2. The summed E-state index contributed by atoms with van der Waals surface area (Å²) in [6, 6.07) is 18.1.